The predicted octanol–water partition coefficient (Wildman–Crippen LogP) is 2.11. The van der Waals surface area contributed by atoms with Gasteiger partial charge in [0.05, 0.1) is 17.1 Å². The van der Waals surface area contributed by atoms with Gasteiger partial charge in [0.15, 0.2) is 0 Å². The van der Waals surface area contributed by atoms with Crippen LogP contribution in [0.3, 0.4) is 0 Å². The Bertz CT molecular complexity index is 581. The van der Waals surface area contributed by atoms with Crippen molar-refractivity contribution in [3.8, 4) is 0 Å². The van der Waals surface area contributed by atoms with Crippen LogP contribution in [0.25, 0.3) is 0 Å². The van der Waals surface area contributed by atoms with Crippen molar-refractivity contribution in [2.45, 2.75) is 47.2 Å². The Kier molecular flexibility index (Phi) is 4.32. The van der Waals surface area contributed by atoms with E-state index >= 15 is 0 Å². The van der Waals surface area contributed by atoms with Crippen LogP contribution < -0.4 is 11.1 Å². The van der Waals surface area contributed by atoms with E-state index in [1.165, 1.54) is 5.69 Å². The summed E-state index contributed by atoms with van der Waals surface area (Å²) in [5.74, 6) is 0.929. The zero-order valence-corrected chi connectivity index (χ0v) is 12.8. The fourth-order valence-corrected chi connectivity index (χ4v) is 2.35. The van der Waals surface area contributed by atoms with E-state index in [9.17, 15) is 0 Å². The van der Waals surface area contributed by atoms with Crippen LogP contribution in [-0.4, -0.2) is 26.1 Å². The fourth-order valence-electron chi connectivity index (χ4n) is 2.35. The van der Waals surface area contributed by atoms with Gasteiger partial charge < -0.3 is 11.1 Å². The van der Waals surface area contributed by atoms with E-state index in [1.807, 2.05) is 23.2 Å². The van der Waals surface area contributed by atoms with Crippen LogP contribution in [0.5, 0.6) is 0 Å². The van der Waals surface area contributed by atoms with Crippen molar-refractivity contribution < 1.29 is 0 Å². The number of aromatic nitrogens is 4. The topological polar surface area (TPSA) is 73.7 Å². The molecule has 6 nitrogen and oxygen atoms in total. The summed E-state index contributed by atoms with van der Waals surface area (Å²) in [5.41, 5.74) is 9.94. The Balaban J connectivity index is 1.89. The quantitative estimate of drug-likeness (QED) is 0.792. The van der Waals surface area contributed by atoms with Crippen LogP contribution in [0.2, 0.25) is 0 Å². The number of nitrogens with zero attached hydrogens (tertiary/aromatic N) is 4. The van der Waals surface area contributed by atoms with Crippen LogP contribution in [-0.2, 0) is 13.1 Å². The number of rotatable bonds is 6. The molecule has 110 valence electrons. The van der Waals surface area contributed by atoms with Crippen LogP contribution in [0, 0.1) is 20.8 Å². The molecule has 0 atom stereocenters. The third-order valence-corrected chi connectivity index (χ3v) is 3.42. The number of aryl methyl sites for hydroxylation is 5. The van der Waals surface area contributed by atoms with Crippen LogP contribution in [0.4, 0.5) is 11.5 Å². The van der Waals surface area contributed by atoms with Gasteiger partial charge in [0.25, 0.3) is 0 Å². The van der Waals surface area contributed by atoms with Crippen molar-refractivity contribution in [1.29, 1.82) is 0 Å². The molecule has 0 bridgehead atoms. The first-order valence-electron chi connectivity index (χ1n) is 7.10. The van der Waals surface area contributed by atoms with Gasteiger partial charge in [-0.1, -0.05) is 0 Å². The van der Waals surface area contributed by atoms with E-state index < -0.39 is 0 Å². The maximum absolute atomic E-state index is 6.04. The summed E-state index contributed by atoms with van der Waals surface area (Å²) < 4.78 is 3.96. The lowest BCUT2D eigenvalue weighted by atomic mass is 10.3. The number of nitrogens with two attached hydrogens (primary N) is 1. The average Bonchev–Trinajstić information content (AvgIpc) is 2.87. The molecule has 0 radical (unpaired) electrons. The molecule has 2 aromatic heterocycles. The van der Waals surface area contributed by atoms with Gasteiger partial charge in [-0.15, -0.1) is 0 Å². The second kappa shape index (κ2) is 5.98. The van der Waals surface area contributed by atoms with Gasteiger partial charge in [0.1, 0.15) is 5.82 Å². The largest absolute Gasteiger partial charge is 0.394 e. The third kappa shape index (κ3) is 2.95. The molecule has 0 fully saturated rings. The molecule has 6 heteroatoms. The first kappa shape index (κ1) is 14.4. The minimum absolute atomic E-state index is 0.748. The molecular formula is C14H24N6. The molecule has 2 aromatic rings. The van der Waals surface area contributed by atoms with Gasteiger partial charge in [-0.25, -0.2) is 4.68 Å². The molecular weight excluding hydrogens is 252 g/mol. The van der Waals surface area contributed by atoms with E-state index in [4.69, 9.17) is 5.73 Å². The molecule has 0 aromatic carbocycles. The molecule has 0 saturated carbocycles. The van der Waals surface area contributed by atoms with Gasteiger partial charge in [0.2, 0.25) is 0 Å². The van der Waals surface area contributed by atoms with E-state index in [2.05, 4.69) is 35.4 Å². The van der Waals surface area contributed by atoms with Crippen molar-refractivity contribution in [3.05, 3.63) is 23.1 Å². The summed E-state index contributed by atoms with van der Waals surface area (Å²) in [5, 5.41) is 12.2. The molecule has 0 spiro atoms. The van der Waals surface area contributed by atoms with E-state index in [0.29, 0.717) is 0 Å². The van der Waals surface area contributed by atoms with Crippen molar-refractivity contribution in [2.75, 3.05) is 17.6 Å². The molecule has 2 heterocycles. The minimum atomic E-state index is 0.748. The maximum Gasteiger partial charge on any atom is 0.148 e. The van der Waals surface area contributed by atoms with Gasteiger partial charge in [-0.3, -0.25) is 4.68 Å². The summed E-state index contributed by atoms with van der Waals surface area (Å²) in [6.07, 6.45) is 0.995. The zero-order chi connectivity index (χ0) is 14.7. The molecule has 0 saturated heterocycles. The lowest BCUT2D eigenvalue weighted by Crippen LogP contribution is -2.12. The molecule has 0 amide bonds. The van der Waals surface area contributed by atoms with E-state index in [1.54, 1.807) is 0 Å². The lowest BCUT2D eigenvalue weighted by molar-refractivity contribution is 0.571. The molecule has 0 aliphatic carbocycles. The molecule has 3 N–H and O–H groups in total. The Labute approximate surface area is 120 Å². The number of hydrogen-bond acceptors (Lipinski definition) is 4. The predicted molar refractivity (Wildman–Crippen MR) is 81.9 cm³/mol. The Hall–Kier alpha value is -1.98. The van der Waals surface area contributed by atoms with Gasteiger partial charge in [-0.2, -0.15) is 10.2 Å². The number of anilines is 2. The summed E-state index contributed by atoms with van der Waals surface area (Å²) in [6.45, 7) is 10.7. The number of nitrogen functional groups attached to an aromatic ring is 1. The Morgan fingerprint density at radius 1 is 1.20 bits per heavy atom. The molecule has 2 rings (SSSR count). The van der Waals surface area contributed by atoms with E-state index in [0.717, 1.165) is 48.9 Å². The standard InChI is InChI=1S/C14H24N6/c1-5-19-14(13(15)12(4)18-19)16-7-6-8-20-11(3)9-10(2)17-20/h9,16H,5-8,15H2,1-4H3. The second-order valence-electron chi connectivity index (χ2n) is 5.09. The van der Waals surface area contributed by atoms with E-state index in [-0.39, 0.29) is 0 Å². The smallest absolute Gasteiger partial charge is 0.148 e. The summed E-state index contributed by atoms with van der Waals surface area (Å²) in [4.78, 5) is 0. The highest BCUT2D eigenvalue weighted by Gasteiger charge is 2.10. The third-order valence-electron chi connectivity index (χ3n) is 3.42. The second-order valence-corrected chi connectivity index (χ2v) is 5.09. The van der Waals surface area contributed by atoms with Crippen molar-refractivity contribution >= 4 is 11.5 Å². The minimum Gasteiger partial charge on any atom is -0.394 e. The monoisotopic (exact) mass is 276 g/mol. The summed E-state index contributed by atoms with van der Waals surface area (Å²) in [6, 6.07) is 2.10. The van der Waals surface area contributed by atoms with Crippen LogP contribution >= 0.6 is 0 Å². The molecule has 0 aliphatic heterocycles. The molecule has 0 aliphatic rings. The summed E-state index contributed by atoms with van der Waals surface area (Å²) in [7, 11) is 0. The number of hydrogen-bond donors (Lipinski definition) is 2. The van der Waals surface area contributed by atoms with Gasteiger partial charge in [0, 0.05) is 25.3 Å². The van der Waals surface area contributed by atoms with Crippen LogP contribution in [0.1, 0.15) is 30.4 Å². The normalized spacial score (nSPS) is 11.0. The van der Waals surface area contributed by atoms with Gasteiger partial charge >= 0.3 is 0 Å². The average molecular weight is 276 g/mol. The molecule has 0 unspecified atom stereocenters. The van der Waals surface area contributed by atoms with Crippen LogP contribution in [0.15, 0.2) is 6.07 Å². The Morgan fingerprint density at radius 2 is 1.95 bits per heavy atom. The fraction of sp³-hybridized carbons (Fsp3) is 0.571. The first-order valence-corrected chi connectivity index (χ1v) is 7.10. The maximum atomic E-state index is 6.04. The highest BCUT2D eigenvalue weighted by atomic mass is 15.3. The van der Waals surface area contributed by atoms with Crippen molar-refractivity contribution in [1.82, 2.24) is 19.6 Å². The SMILES string of the molecule is CCn1nc(C)c(N)c1NCCCn1nc(C)cc1C. The Morgan fingerprint density at radius 3 is 2.55 bits per heavy atom. The van der Waals surface area contributed by atoms with Gasteiger partial charge in [-0.05, 0) is 40.2 Å². The zero-order valence-electron chi connectivity index (χ0n) is 12.8. The first-order chi connectivity index (χ1) is 9.52. The number of nitrogens with one attached hydrogen (secondary N) is 1. The van der Waals surface area contributed by atoms with Crippen molar-refractivity contribution in [3.63, 3.8) is 0 Å². The lowest BCUT2D eigenvalue weighted by Gasteiger charge is -2.10. The van der Waals surface area contributed by atoms with Crippen molar-refractivity contribution in [2.24, 2.45) is 0 Å². The highest BCUT2D eigenvalue weighted by molar-refractivity contribution is 5.64. The summed E-state index contributed by atoms with van der Waals surface area (Å²) >= 11 is 0. The highest BCUT2D eigenvalue weighted by Crippen LogP contribution is 2.21. The molecule has 20 heavy (non-hydrogen) atoms.